The SMILES string of the molecule is c1ccc2c(c1)-c1ccccc1C21c2cc(-n3c4ccccc4c4ccccc43)ccc2Oc2ccc(-n3c4ccccc4c4ccccc43)cc21. The first-order chi connectivity index (χ1) is 25.8. The number of rotatable bonds is 2. The minimum atomic E-state index is -0.611. The van der Waals surface area contributed by atoms with Crippen molar-refractivity contribution < 1.29 is 4.74 Å². The summed E-state index contributed by atoms with van der Waals surface area (Å²) in [5.74, 6) is 1.77. The highest BCUT2D eigenvalue weighted by Gasteiger charge is 2.51. The second kappa shape index (κ2) is 10.1. The minimum Gasteiger partial charge on any atom is -0.457 e. The van der Waals surface area contributed by atoms with Crippen LogP contribution in [0.3, 0.4) is 0 Å². The van der Waals surface area contributed by atoms with Gasteiger partial charge >= 0.3 is 0 Å². The van der Waals surface area contributed by atoms with Crippen LogP contribution < -0.4 is 4.74 Å². The van der Waals surface area contributed by atoms with Crippen molar-refractivity contribution in [3.05, 3.63) is 204 Å². The molecule has 1 aliphatic carbocycles. The molecule has 1 aliphatic heterocycles. The molecule has 2 aliphatic rings. The lowest BCUT2D eigenvalue weighted by Crippen LogP contribution is -2.32. The van der Waals surface area contributed by atoms with Crippen LogP contribution in [0.15, 0.2) is 182 Å². The van der Waals surface area contributed by atoms with Gasteiger partial charge in [0.15, 0.2) is 0 Å². The third-order valence-electron chi connectivity index (χ3n) is 11.6. The van der Waals surface area contributed by atoms with Gasteiger partial charge in [-0.2, -0.15) is 0 Å². The Morgan fingerprint density at radius 1 is 0.327 bits per heavy atom. The highest BCUT2D eigenvalue weighted by molar-refractivity contribution is 6.10. The maximum absolute atomic E-state index is 6.97. The Hall–Kier alpha value is -6.84. The molecule has 0 saturated heterocycles. The van der Waals surface area contributed by atoms with Crippen molar-refractivity contribution >= 4 is 43.6 Å². The lowest BCUT2D eigenvalue weighted by molar-refractivity contribution is 0.436. The van der Waals surface area contributed by atoms with E-state index in [1.54, 1.807) is 0 Å². The Morgan fingerprint density at radius 2 is 0.673 bits per heavy atom. The van der Waals surface area contributed by atoms with E-state index >= 15 is 0 Å². The standard InChI is InChI=1S/C49H30N2O/c1-7-19-39-33(13-1)34-14-2-8-20-40(34)49(39)41-29-31(50-43-21-9-3-15-35(43)36-16-4-10-22-44(36)50)25-27-47(41)52-48-28-26-32(30-42(48)49)51-45-23-11-5-17-37(45)38-18-6-12-24-46(38)51/h1-30H. The van der Waals surface area contributed by atoms with Gasteiger partial charge in [0.1, 0.15) is 11.5 Å². The molecule has 0 fully saturated rings. The number of fused-ring (bicyclic) bond motifs is 15. The molecule has 1 spiro atoms. The summed E-state index contributed by atoms with van der Waals surface area (Å²) in [7, 11) is 0. The lowest BCUT2D eigenvalue weighted by atomic mass is 9.66. The Bertz CT molecular complexity index is 2810. The topological polar surface area (TPSA) is 19.1 Å². The van der Waals surface area contributed by atoms with E-state index < -0.39 is 5.41 Å². The van der Waals surface area contributed by atoms with E-state index in [4.69, 9.17) is 4.74 Å². The second-order valence-corrected chi connectivity index (χ2v) is 14.0. The fourth-order valence-electron chi connectivity index (χ4n) is 9.56. The zero-order valence-electron chi connectivity index (χ0n) is 28.1. The Labute approximate surface area is 300 Å². The summed E-state index contributed by atoms with van der Waals surface area (Å²) >= 11 is 0. The molecule has 12 rings (SSSR count). The normalized spacial score (nSPS) is 13.7. The third-order valence-corrected chi connectivity index (χ3v) is 11.6. The number of hydrogen-bond donors (Lipinski definition) is 0. The molecular weight excluding hydrogens is 633 g/mol. The van der Waals surface area contributed by atoms with Crippen LogP contribution in [0, 0.1) is 0 Å². The first-order valence-corrected chi connectivity index (χ1v) is 17.9. The number of benzene rings is 8. The van der Waals surface area contributed by atoms with Crippen molar-refractivity contribution in [2.45, 2.75) is 5.41 Å². The Morgan fingerprint density at radius 3 is 1.08 bits per heavy atom. The van der Waals surface area contributed by atoms with E-state index in [0.29, 0.717) is 0 Å². The highest BCUT2D eigenvalue weighted by Crippen LogP contribution is 2.62. The van der Waals surface area contributed by atoms with Crippen molar-refractivity contribution in [3.63, 3.8) is 0 Å². The maximum Gasteiger partial charge on any atom is 0.132 e. The summed E-state index contributed by atoms with van der Waals surface area (Å²) in [5.41, 5.74) is 13.8. The van der Waals surface area contributed by atoms with Crippen molar-refractivity contribution in [1.29, 1.82) is 0 Å². The van der Waals surface area contributed by atoms with Gasteiger partial charge in [0, 0.05) is 44.0 Å². The van der Waals surface area contributed by atoms with Crippen molar-refractivity contribution in [1.82, 2.24) is 9.13 Å². The summed E-state index contributed by atoms with van der Waals surface area (Å²) in [6.07, 6.45) is 0. The molecule has 0 radical (unpaired) electrons. The molecule has 52 heavy (non-hydrogen) atoms. The van der Waals surface area contributed by atoms with Gasteiger partial charge in [0.2, 0.25) is 0 Å². The van der Waals surface area contributed by atoms with Gasteiger partial charge in [-0.25, -0.2) is 0 Å². The van der Waals surface area contributed by atoms with Crippen LogP contribution in [0.4, 0.5) is 0 Å². The lowest BCUT2D eigenvalue weighted by Gasteiger charge is -2.40. The zero-order chi connectivity index (χ0) is 34.0. The molecule has 2 aromatic heterocycles. The van der Waals surface area contributed by atoms with Crippen LogP contribution in [-0.2, 0) is 5.41 Å². The van der Waals surface area contributed by atoms with E-state index in [-0.39, 0.29) is 0 Å². The van der Waals surface area contributed by atoms with Crippen LogP contribution in [0.25, 0.3) is 66.1 Å². The molecule has 8 aromatic carbocycles. The summed E-state index contributed by atoms with van der Waals surface area (Å²) in [6, 6.07) is 66.4. The van der Waals surface area contributed by atoms with Crippen molar-refractivity contribution in [3.8, 4) is 34.0 Å². The van der Waals surface area contributed by atoms with Crippen LogP contribution in [0.5, 0.6) is 11.5 Å². The van der Waals surface area contributed by atoms with E-state index in [1.807, 2.05) is 0 Å². The molecule has 0 atom stereocenters. The van der Waals surface area contributed by atoms with E-state index in [0.717, 1.165) is 34.0 Å². The number of aromatic nitrogens is 2. The smallest absolute Gasteiger partial charge is 0.132 e. The van der Waals surface area contributed by atoms with Gasteiger partial charge < -0.3 is 13.9 Å². The fourth-order valence-corrected chi connectivity index (χ4v) is 9.56. The highest BCUT2D eigenvalue weighted by atomic mass is 16.5. The first-order valence-electron chi connectivity index (χ1n) is 17.9. The Kier molecular flexibility index (Phi) is 5.43. The van der Waals surface area contributed by atoms with Gasteiger partial charge in [-0.1, -0.05) is 121 Å². The summed E-state index contributed by atoms with van der Waals surface area (Å²) in [5, 5.41) is 5.00. The maximum atomic E-state index is 6.97. The second-order valence-electron chi connectivity index (χ2n) is 14.0. The molecule has 0 N–H and O–H groups in total. The van der Waals surface area contributed by atoms with Gasteiger partial charge in [-0.05, 0) is 82.9 Å². The molecule has 0 bridgehead atoms. The molecule has 0 saturated carbocycles. The van der Waals surface area contributed by atoms with Crippen molar-refractivity contribution in [2.75, 3.05) is 0 Å². The largest absolute Gasteiger partial charge is 0.457 e. The molecular formula is C49H30N2O. The van der Waals surface area contributed by atoms with Gasteiger partial charge in [-0.3, -0.25) is 0 Å². The predicted molar refractivity (Wildman–Crippen MR) is 212 cm³/mol. The summed E-state index contributed by atoms with van der Waals surface area (Å²) < 4.78 is 11.8. The first kappa shape index (κ1) is 27.9. The number of ether oxygens (including phenoxy) is 1. The average Bonchev–Trinajstić information content (AvgIpc) is 3.83. The summed E-state index contributed by atoms with van der Waals surface area (Å²) in [6.45, 7) is 0. The third kappa shape index (κ3) is 3.45. The molecule has 0 unspecified atom stereocenters. The van der Waals surface area contributed by atoms with Crippen LogP contribution in [0.2, 0.25) is 0 Å². The number of hydrogen-bond acceptors (Lipinski definition) is 1. The molecule has 242 valence electrons. The monoisotopic (exact) mass is 662 g/mol. The molecule has 3 heteroatoms. The van der Waals surface area contributed by atoms with Gasteiger partial charge in [-0.15, -0.1) is 0 Å². The van der Waals surface area contributed by atoms with E-state index in [9.17, 15) is 0 Å². The fraction of sp³-hybridized carbons (Fsp3) is 0.0204. The zero-order valence-corrected chi connectivity index (χ0v) is 28.1. The number of para-hydroxylation sites is 4. The van der Waals surface area contributed by atoms with E-state index in [1.165, 1.54) is 65.9 Å². The van der Waals surface area contributed by atoms with Crippen LogP contribution in [-0.4, -0.2) is 9.13 Å². The molecule has 0 amide bonds. The average molecular weight is 663 g/mol. The van der Waals surface area contributed by atoms with Gasteiger partial charge in [0.05, 0.1) is 27.5 Å². The van der Waals surface area contributed by atoms with Crippen LogP contribution in [0.1, 0.15) is 22.3 Å². The minimum absolute atomic E-state index is 0.611. The van der Waals surface area contributed by atoms with Gasteiger partial charge in [0.25, 0.3) is 0 Å². The number of nitrogens with zero attached hydrogens (tertiary/aromatic N) is 2. The molecule has 3 nitrogen and oxygen atoms in total. The predicted octanol–water partition coefficient (Wildman–Crippen LogP) is 12.3. The van der Waals surface area contributed by atoms with Crippen LogP contribution >= 0.6 is 0 Å². The molecule has 10 aromatic rings. The molecule has 3 heterocycles. The van der Waals surface area contributed by atoms with Crippen molar-refractivity contribution in [2.24, 2.45) is 0 Å². The van der Waals surface area contributed by atoms with E-state index in [2.05, 4.69) is 191 Å². The summed E-state index contributed by atoms with van der Waals surface area (Å²) in [4.78, 5) is 0. The Balaban J connectivity index is 1.20. The quantitative estimate of drug-likeness (QED) is 0.180.